The summed E-state index contributed by atoms with van der Waals surface area (Å²) in [6, 6.07) is 7.05. The summed E-state index contributed by atoms with van der Waals surface area (Å²) in [5.41, 5.74) is 2.47. The van der Waals surface area contributed by atoms with Crippen LogP contribution in [-0.2, 0) is 11.8 Å². The molecule has 2 bridgehead atoms. The summed E-state index contributed by atoms with van der Waals surface area (Å²) >= 11 is 1.75. The first-order chi connectivity index (χ1) is 14.2. The molecule has 0 spiro atoms. The summed E-state index contributed by atoms with van der Waals surface area (Å²) in [5.74, 6) is 1.82. The van der Waals surface area contributed by atoms with E-state index in [0.29, 0.717) is 23.8 Å². The summed E-state index contributed by atoms with van der Waals surface area (Å²) in [7, 11) is 2.09. The molecule has 1 amide bonds. The van der Waals surface area contributed by atoms with Crippen LogP contribution >= 0.6 is 11.3 Å². The zero-order chi connectivity index (χ0) is 19.8. The second-order valence-electron chi connectivity index (χ2n) is 9.18. The highest BCUT2D eigenvalue weighted by Gasteiger charge is 2.42. The van der Waals surface area contributed by atoms with Crippen LogP contribution in [0.2, 0.25) is 0 Å². The fraction of sp³-hybridized carbons (Fsp3) is 0.652. The lowest BCUT2D eigenvalue weighted by Gasteiger charge is -2.50. The zero-order valence-corrected chi connectivity index (χ0v) is 18.2. The number of nitrogens with zero attached hydrogens (tertiary/aromatic N) is 3. The number of carbonyl (C=O) groups is 1. The van der Waals surface area contributed by atoms with Gasteiger partial charge in [0, 0.05) is 43.7 Å². The van der Waals surface area contributed by atoms with Gasteiger partial charge >= 0.3 is 0 Å². The highest BCUT2D eigenvalue weighted by molar-refractivity contribution is 7.13. The smallest absolute Gasteiger partial charge is 0.223 e. The number of aromatic nitrogens is 2. The predicted molar refractivity (Wildman–Crippen MR) is 117 cm³/mol. The van der Waals surface area contributed by atoms with E-state index in [1.165, 1.54) is 49.2 Å². The molecule has 0 radical (unpaired) electrons. The van der Waals surface area contributed by atoms with E-state index >= 15 is 0 Å². The second-order valence-corrected chi connectivity index (χ2v) is 10.1. The van der Waals surface area contributed by atoms with Crippen molar-refractivity contribution in [1.82, 2.24) is 20.0 Å². The molecule has 3 saturated heterocycles. The Hall–Kier alpha value is -1.66. The van der Waals surface area contributed by atoms with Crippen LogP contribution in [-0.4, -0.2) is 46.3 Å². The van der Waals surface area contributed by atoms with Crippen LogP contribution in [0.5, 0.6) is 0 Å². The fourth-order valence-corrected chi connectivity index (χ4v) is 6.47. The minimum absolute atomic E-state index is 0.261. The van der Waals surface area contributed by atoms with Crippen molar-refractivity contribution in [3.05, 3.63) is 29.3 Å². The van der Waals surface area contributed by atoms with Crippen molar-refractivity contribution in [3.8, 4) is 10.6 Å². The number of hydrogen-bond acceptors (Lipinski definition) is 4. The number of hydrogen-bond donors (Lipinski definition) is 1. The quantitative estimate of drug-likeness (QED) is 0.807. The molecule has 3 aliphatic heterocycles. The number of carbonyl (C=O) groups excluding carboxylic acids is 1. The molecule has 6 heteroatoms. The molecule has 4 atom stereocenters. The fourth-order valence-electron chi connectivity index (χ4n) is 5.79. The highest BCUT2D eigenvalue weighted by atomic mass is 32.1. The Morgan fingerprint density at radius 1 is 1.28 bits per heavy atom. The average Bonchev–Trinajstić information content (AvgIpc) is 3.43. The van der Waals surface area contributed by atoms with E-state index in [2.05, 4.69) is 45.5 Å². The van der Waals surface area contributed by atoms with E-state index in [-0.39, 0.29) is 5.92 Å². The molecule has 0 aromatic carbocycles. The molecule has 4 aliphatic rings. The molecule has 2 aromatic rings. The third-order valence-corrected chi connectivity index (χ3v) is 8.33. The molecule has 1 aliphatic carbocycles. The summed E-state index contributed by atoms with van der Waals surface area (Å²) < 4.78 is 2.10. The average molecular weight is 413 g/mol. The molecule has 4 fully saturated rings. The Kier molecular flexibility index (Phi) is 5.48. The molecule has 1 saturated carbocycles. The topological polar surface area (TPSA) is 50.2 Å². The molecule has 5 heterocycles. The lowest BCUT2D eigenvalue weighted by atomic mass is 9.74. The first kappa shape index (κ1) is 19.3. The third kappa shape index (κ3) is 3.89. The standard InChI is InChI=1S/C23H32N4OS/c1-26-21(13-20(25-26)22-8-5-11-29-22)19-15-27-10-9-17(19)12-18(27)14-24-23(28)16-6-3-2-4-7-16/h5,8,11,13,16-19H,2-4,6-7,9-10,12,14-15H2,1H3,(H,24,28)/t17-,18+,19-/m0/s1. The van der Waals surface area contributed by atoms with Gasteiger partial charge in [0.25, 0.3) is 0 Å². The van der Waals surface area contributed by atoms with Gasteiger partial charge in [0.1, 0.15) is 5.69 Å². The number of piperidine rings is 3. The van der Waals surface area contributed by atoms with E-state index in [4.69, 9.17) is 5.10 Å². The van der Waals surface area contributed by atoms with Gasteiger partial charge in [-0.05, 0) is 55.7 Å². The lowest BCUT2D eigenvalue weighted by Crippen LogP contribution is -2.56. The number of nitrogens with one attached hydrogen (secondary N) is 1. The van der Waals surface area contributed by atoms with Crippen LogP contribution in [0.15, 0.2) is 23.6 Å². The number of aryl methyl sites for hydroxylation is 1. The predicted octanol–water partition coefficient (Wildman–Crippen LogP) is 4.02. The minimum Gasteiger partial charge on any atom is -0.354 e. The molecular formula is C23H32N4OS. The van der Waals surface area contributed by atoms with E-state index in [0.717, 1.165) is 31.6 Å². The first-order valence-corrected chi connectivity index (χ1v) is 12.2. The van der Waals surface area contributed by atoms with Gasteiger partial charge in [-0.1, -0.05) is 25.3 Å². The van der Waals surface area contributed by atoms with Crippen molar-refractivity contribution in [1.29, 1.82) is 0 Å². The van der Waals surface area contributed by atoms with Gasteiger partial charge in [-0.25, -0.2) is 0 Å². The van der Waals surface area contributed by atoms with Crippen molar-refractivity contribution in [2.24, 2.45) is 18.9 Å². The van der Waals surface area contributed by atoms with Gasteiger partial charge in [0.05, 0.1) is 4.88 Å². The van der Waals surface area contributed by atoms with E-state index in [1.807, 2.05) is 0 Å². The normalized spacial score (nSPS) is 29.8. The SMILES string of the molecule is Cn1nc(-c2cccs2)cc1[C@H]1CN2CC[C@H]1C[C@@H]2CNC(=O)C1CCCCC1. The lowest BCUT2D eigenvalue weighted by molar-refractivity contribution is -0.126. The van der Waals surface area contributed by atoms with E-state index in [9.17, 15) is 4.79 Å². The Bertz CT molecular complexity index is 839. The highest BCUT2D eigenvalue weighted by Crippen LogP contribution is 2.42. The summed E-state index contributed by atoms with van der Waals surface area (Å²) in [6.07, 6.45) is 8.35. The van der Waals surface area contributed by atoms with Gasteiger partial charge < -0.3 is 5.32 Å². The van der Waals surface area contributed by atoms with Crippen LogP contribution in [0, 0.1) is 11.8 Å². The van der Waals surface area contributed by atoms with E-state index in [1.54, 1.807) is 11.3 Å². The molecule has 6 rings (SSSR count). The van der Waals surface area contributed by atoms with Gasteiger partial charge in [0.2, 0.25) is 5.91 Å². The van der Waals surface area contributed by atoms with Crippen molar-refractivity contribution in [2.75, 3.05) is 19.6 Å². The Labute approximate surface area is 177 Å². The molecule has 1 unspecified atom stereocenters. The monoisotopic (exact) mass is 412 g/mol. The summed E-state index contributed by atoms with van der Waals surface area (Å²) in [5, 5.41) is 10.2. The zero-order valence-electron chi connectivity index (χ0n) is 17.3. The van der Waals surface area contributed by atoms with Crippen molar-refractivity contribution < 1.29 is 4.79 Å². The van der Waals surface area contributed by atoms with Gasteiger partial charge in [-0.2, -0.15) is 5.10 Å². The molecular weight excluding hydrogens is 380 g/mol. The maximum Gasteiger partial charge on any atom is 0.223 e. The third-order valence-electron chi connectivity index (χ3n) is 7.44. The van der Waals surface area contributed by atoms with Crippen LogP contribution in [0.1, 0.15) is 56.6 Å². The van der Waals surface area contributed by atoms with Crippen LogP contribution in [0.25, 0.3) is 10.6 Å². The Morgan fingerprint density at radius 2 is 2.14 bits per heavy atom. The van der Waals surface area contributed by atoms with Crippen LogP contribution in [0.3, 0.4) is 0 Å². The maximum atomic E-state index is 12.6. The minimum atomic E-state index is 0.261. The Balaban J connectivity index is 1.22. The maximum absolute atomic E-state index is 12.6. The van der Waals surface area contributed by atoms with Crippen molar-refractivity contribution >= 4 is 17.2 Å². The van der Waals surface area contributed by atoms with Crippen LogP contribution in [0.4, 0.5) is 0 Å². The molecule has 5 nitrogen and oxygen atoms in total. The first-order valence-electron chi connectivity index (χ1n) is 11.3. The van der Waals surface area contributed by atoms with E-state index < -0.39 is 0 Å². The Morgan fingerprint density at radius 3 is 2.86 bits per heavy atom. The number of amides is 1. The molecule has 156 valence electrons. The summed E-state index contributed by atoms with van der Waals surface area (Å²) in [6.45, 7) is 3.09. The largest absolute Gasteiger partial charge is 0.354 e. The van der Waals surface area contributed by atoms with Crippen LogP contribution < -0.4 is 5.32 Å². The second kappa shape index (κ2) is 8.23. The van der Waals surface area contributed by atoms with Gasteiger partial charge in [-0.15, -0.1) is 11.3 Å². The number of rotatable bonds is 5. The molecule has 2 aromatic heterocycles. The number of fused-ring (bicyclic) bond motifs is 3. The van der Waals surface area contributed by atoms with Gasteiger partial charge in [0.15, 0.2) is 0 Å². The molecule has 29 heavy (non-hydrogen) atoms. The number of thiophene rings is 1. The van der Waals surface area contributed by atoms with Crippen molar-refractivity contribution in [3.63, 3.8) is 0 Å². The summed E-state index contributed by atoms with van der Waals surface area (Å²) in [4.78, 5) is 16.4. The van der Waals surface area contributed by atoms with Gasteiger partial charge in [-0.3, -0.25) is 14.4 Å². The van der Waals surface area contributed by atoms with Crippen molar-refractivity contribution in [2.45, 2.75) is 56.9 Å². The molecule has 1 N–H and O–H groups in total.